The Morgan fingerprint density at radius 1 is 1.32 bits per heavy atom. The largest absolute Gasteiger partial charge is 0.418 e. The number of anilines is 1. The second-order valence-electron chi connectivity index (χ2n) is 5.97. The molecular formula is C17H19ClF3N3S. The summed E-state index contributed by atoms with van der Waals surface area (Å²) in [6, 6.07) is 3.82. The van der Waals surface area contributed by atoms with Gasteiger partial charge in [-0.05, 0) is 49.5 Å². The highest BCUT2D eigenvalue weighted by Crippen LogP contribution is 2.38. The molecule has 3 nitrogen and oxygen atoms in total. The highest BCUT2D eigenvalue weighted by atomic mass is 35.5. The predicted molar refractivity (Wildman–Crippen MR) is 97.1 cm³/mol. The average molecular weight is 390 g/mol. The molecule has 0 amide bonds. The van der Waals surface area contributed by atoms with Crippen LogP contribution in [0.25, 0.3) is 5.69 Å². The van der Waals surface area contributed by atoms with E-state index in [1.54, 1.807) is 11.8 Å². The van der Waals surface area contributed by atoms with Crippen molar-refractivity contribution in [3.8, 4) is 5.69 Å². The number of halogens is 4. The lowest BCUT2D eigenvalue weighted by Crippen LogP contribution is -2.14. The molecule has 0 saturated heterocycles. The second kappa shape index (κ2) is 7.50. The number of aromatic nitrogens is 2. The topological polar surface area (TPSA) is 29.9 Å². The summed E-state index contributed by atoms with van der Waals surface area (Å²) >= 11 is 7.51. The summed E-state index contributed by atoms with van der Waals surface area (Å²) in [6.45, 7) is 0.732. The first-order chi connectivity index (χ1) is 11.9. The Labute approximate surface area is 153 Å². The van der Waals surface area contributed by atoms with Crippen LogP contribution in [0.3, 0.4) is 0 Å². The lowest BCUT2D eigenvalue weighted by Gasteiger charge is -2.16. The van der Waals surface area contributed by atoms with Gasteiger partial charge in [0.25, 0.3) is 0 Å². The first-order valence-corrected chi connectivity index (χ1v) is 9.89. The molecule has 1 aliphatic heterocycles. The maximum Gasteiger partial charge on any atom is 0.418 e. The number of nitrogens with zero attached hydrogens (tertiary/aromatic N) is 2. The zero-order valence-electron chi connectivity index (χ0n) is 13.8. The summed E-state index contributed by atoms with van der Waals surface area (Å²) in [7, 11) is 0. The Morgan fingerprint density at radius 3 is 2.84 bits per heavy atom. The van der Waals surface area contributed by atoms with E-state index in [2.05, 4.69) is 10.4 Å². The lowest BCUT2D eigenvalue weighted by atomic mass is 10.1. The maximum absolute atomic E-state index is 13.5. The molecule has 0 fully saturated rings. The third kappa shape index (κ3) is 3.92. The molecule has 0 bridgehead atoms. The van der Waals surface area contributed by atoms with Crippen molar-refractivity contribution in [2.24, 2.45) is 0 Å². The first-order valence-electron chi connectivity index (χ1n) is 8.12. The third-order valence-corrected chi connectivity index (χ3v) is 5.10. The quantitative estimate of drug-likeness (QED) is 0.779. The van der Waals surface area contributed by atoms with Gasteiger partial charge in [-0.15, -0.1) is 0 Å². The molecular weight excluding hydrogens is 371 g/mol. The fourth-order valence-electron chi connectivity index (χ4n) is 3.07. The van der Waals surface area contributed by atoms with Crippen LogP contribution in [0.5, 0.6) is 0 Å². The maximum atomic E-state index is 13.5. The van der Waals surface area contributed by atoms with E-state index in [0.29, 0.717) is 5.82 Å². The Morgan fingerprint density at radius 2 is 2.12 bits per heavy atom. The summed E-state index contributed by atoms with van der Waals surface area (Å²) in [5.41, 5.74) is 1.15. The molecule has 2 heterocycles. The van der Waals surface area contributed by atoms with Crippen LogP contribution in [0.4, 0.5) is 19.0 Å². The number of rotatable bonds is 4. The molecule has 0 spiro atoms. The van der Waals surface area contributed by atoms with Gasteiger partial charge in [0, 0.05) is 23.6 Å². The van der Waals surface area contributed by atoms with E-state index >= 15 is 0 Å². The number of thioether (sulfide) groups is 1. The van der Waals surface area contributed by atoms with Crippen molar-refractivity contribution in [2.45, 2.75) is 31.9 Å². The van der Waals surface area contributed by atoms with Crippen molar-refractivity contribution in [3.05, 3.63) is 40.0 Å². The van der Waals surface area contributed by atoms with E-state index in [0.717, 1.165) is 55.3 Å². The minimum Gasteiger partial charge on any atom is -0.370 e. The average Bonchev–Trinajstić information content (AvgIpc) is 2.73. The van der Waals surface area contributed by atoms with Crippen molar-refractivity contribution in [1.82, 2.24) is 9.78 Å². The summed E-state index contributed by atoms with van der Waals surface area (Å²) in [4.78, 5) is 0. The predicted octanol–water partition coefficient (Wildman–Crippen LogP) is 5.20. The van der Waals surface area contributed by atoms with Crippen molar-refractivity contribution >= 4 is 29.2 Å². The highest BCUT2D eigenvalue weighted by Gasteiger charge is 2.35. The van der Waals surface area contributed by atoms with Crippen LogP contribution in [-0.4, -0.2) is 28.3 Å². The fourth-order valence-corrected chi connectivity index (χ4v) is 3.64. The first kappa shape index (κ1) is 18.5. The monoisotopic (exact) mass is 389 g/mol. The minimum absolute atomic E-state index is 0.0120. The van der Waals surface area contributed by atoms with Crippen LogP contribution >= 0.6 is 23.4 Å². The van der Waals surface area contributed by atoms with Crippen molar-refractivity contribution < 1.29 is 13.2 Å². The molecule has 0 atom stereocenters. The summed E-state index contributed by atoms with van der Waals surface area (Å²) < 4.78 is 41.9. The van der Waals surface area contributed by atoms with Gasteiger partial charge in [-0.2, -0.15) is 30.0 Å². The number of hydrogen-bond acceptors (Lipinski definition) is 3. The van der Waals surface area contributed by atoms with E-state index in [9.17, 15) is 13.2 Å². The normalized spacial score (nSPS) is 14.8. The Hall–Kier alpha value is -1.34. The molecule has 3 rings (SSSR count). The number of nitrogens with one attached hydrogen (secondary N) is 1. The fraction of sp³-hybridized carbons (Fsp3) is 0.471. The highest BCUT2D eigenvalue weighted by molar-refractivity contribution is 7.98. The number of aryl methyl sites for hydroxylation is 1. The molecule has 1 aromatic heterocycles. The standard InChI is InChI=1S/C17H19ClF3N3S/c1-25-9-7-14-12-4-2-3-8-22-16(12)24(23-14)15-6-5-11(18)10-13(15)17(19,20)21/h5-6,10,22H,2-4,7-9H2,1H3. The zero-order valence-corrected chi connectivity index (χ0v) is 15.4. The molecule has 0 aliphatic carbocycles. The van der Waals surface area contributed by atoms with E-state index in [1.165, 1.54) is 16.8 Å². The number of benzene rings is 1. The minimum atomic E-state index is -4.50. The summed E-state index contributed by atoms with van der Waals surface area (Å²) in [5.74, 6) is 1.57. The van der Waals surface area contributed by atoms with Gasteiger partial charge in [0.2, 0.25) is 0 Å². The molecule has 1 N–H and O–H groups in total. The third-order valence-electron chi connectivity index (χ3n) is 4.25. The Balaban J connectivity index is 2.16. The van der Waals surface area contributed by atoms with Crippen LogP contribution in [0, 0.1) is 0 Å². The summed E-state index contributed by atoms with van der Waals surface area (Å²) in [6.07, 6.45) is 1.08. The van der Waals surface area contributed by atoms with Crippen molar-refractivity contribution in [2.75, 3.05) is 23.9 Å². The Bertz CT molecular complexity index is 758. The molecule has 0 saturated carbocycles. The number of alkyl halides is 3. The smallest absolute Gasteiger partial charge is 0.370 e. The van der Waals surface area contributed by atoms with Crippen LogP contribution in [0.15, 0.2) is 18.2 Å². The molecule has 1 aromatic carbocycles. The molecule has 25 heavy (non-hydrogen) atoms. The van der Waals surface area contributed by atoms with E-state index in [-0.39, 0.29) is 10.7 Å². The van der Waals surface area contributed by atoms with Gasteiger partial charge >= 0.3 is 6.18 Å². The van der Waals surface area contributed by atoms with Gasteiger partial charge in [0.05, 0.1) is 16.9 Å². The number of hydrogen-bond donors (Lipinski definition) is 1. The summed E-state index contributed by atoms with van der Waals surface area (Å²) in [5, 5.41) is 7.88. The number of fused-ring (bicyclic) bond motifs is 1. The SMILES string of the molecule is CSCCc1nn(-c2ccc(Cl)cc2C(F)(F)F)c2c1CCCCN2. The van der Waals surface area contributed by atoms with Crippen LogP contribution in [0.1, 0.15) is 29.7 Å². The lowest BCUT2D eigenvalue weighted by molar-refractivity contribution is -0.137. The Kier molecular flexibility index (Phi) is 5.53. The van der Waals surface area contributed by atoms with E-state index in [1.807, 2.05) is 6.26 Å². The zero-order chi connectivity index (χ0) is 18.0. The van der Waals surface area contributed by atoms with Gasteiger partial charge < -0.3 is 5.32 Å². The van der Waals surface area contributed by atoms with Crippen LogP contribution in [0.2, 0.25) is 5.02 Å². The van der Waals surface area contributed by atoms with E-state index in [4.69, 9.17) is 11.6 Å². The molecule has 0 unspecified atom stereocenters. The van der Waals surface area contributed by atoms with Gasteiger partial charge in [-0.3, -0.25) is 0 Å². The molecule has 0 radical (unpaired) electrons. The second-order valence-corrected chi connectivity index (χ2v) is 7.39. The molecule has 1 aliphatic rings. The molecule has 136 valence electrons. The molecule has 8 heteroatoms. The van der Waals surface area contributed by atoms with Crippen molar-refractivity contribution in [1.29, 1.82) is 0 Å². The van der Waals surface area contributed by atoms with Gasteiger partial charge in [0.1, 0.15) is 5.82 Å². The van der Waals surface area contributed by atoms with Crippen LogP contribution in [-0.2, 0) is 19.0 Å². The van der Waals surface area contributed by atoms with Gasteiger partial charge in [-0.1, -0.05) is 11.6 Å². The van der Waals surface area contributed by atoms with Gasteiger partial charge in [0.15, 0.2) is 0 Å². The van der Waals surface area contributed by atoms with Crippen molar-refractivity contribution in [3.63, 3.8) is 0 Å². The van der Waals surface area contributed by atoms with Gasteiger partial charge in [-0.25, -0.2) is 4.68 Å². The molecule has 2 aromatic rings. The van der Waals surface area contributed by atoms with E-state index < -0.39 is 11.7 Å². The van der Waals surface area contributed by atoms with Crippen LogP contribution < -0.4 is 5.32 Å².